The molecule has 0 aliphatic carbocycles. The number of benzene rings is 2. The van der Waals surface area contributed by atoms with Crippen LogP contribution in [0.2, 0.25) is 0 Å². The van der Waals surface area contributed by atoms with Crippen LogP contribution in [-0.4, -0.2) is 43.5 Å². The molecule has 6 heteroatoms. The number of carbonyl (C=O) groups excluding carboxylic acids is 2. The minimum Gasteiger partial charge on any atom is -0.493 e. The van der Waals surface area contributed by atoms with Crippen molar-refractivity contribution in [3.8, 4) is 11.5 Å². The first kappa shape index (κ1) is 20.7. The highest BCUT2D eigenvalue weighted by atomic mass is 16.5. The zero-order chi connectivity index (χ0) is 21.0. The molecular formula is C23H28N2O4. The van der Waals surface area contributed by atoms with Crippen molar-refractivity contribution in [1.82, 2.24) is 10.2 Å². The molecular weight excluding hydrogens is 368 g/mol. The largest absolute Gasteiger partial charge is 0.493 e. The Morgan fingerprint density at radius 2 is 1.62 bits per heavy atom. The van der Waals surface area contributed by atoms with Crippen molar-refractivity contribution in [2.75, 3.05) is 20.8 Å². The summed E-state index contributed by atoms with van der Waals surface area (Å²) < 4.78 is 10.8. The fourth-order valence-electron chi connectivity index (χ4n) is 3.60. The third kappa shape index (κ3) is 4.53. The van der Waals surface area contributed by atoms with Crippen LogP contribution >= 0.6 is 0 Å². The Labute approximate surface area is 171 Å². The molecule has 2 aromatic carbocycles. The van der Waals surface area contributed by atoms with Crippen LogP contribution in [0.15, 0.2) is 42.5 Å². The minimum absolute atomic E-state index is 0.0260. The van der Waals surface area contributed by atoms with Gasteiger partial charge in [0, 0.05) is 18.7 Å². The molecule has 0 saturated carbocycles. The normalized spacial score (nSPS) is 14.2. The monoisotopic (exact) mass is 396 g/mol. The van der Waals surface area contributed by atoms with Gasteiger partial charge in [0.2, 0.25) is 5.91 Å². The van der Waals surface area contributed by atoms with Crippen molar-refractivity contribution in [2.24, 2.45) is 5.92 Å². The number of amides is 2. The van der Waals surface area contributed by atoms with E-state index in [9.17, 15) is 9.59 Å². The highest BCUT2D eigenvalue weighted by Gasteiger charge is 2.31. The second kappa shape index (κ2) is 8.99. The predicted octanol–water partition coefficient (Wildman–Crippen LogP) is 3.04. The van der Waals surface area contributed by atoms with Crippen LogP contribution in [0.4, 0.5) is 0 Å². The maximum atomic E-state index is 13.2. The molecule has 0 fully saturated rings. The Morgan fingerprint density at radius 1 is 1.00 bits per heavy atom. The quantitative estimate of drug-likeness (QED) is 0.815. The number of rotatable bonds is 6. The summed E-state index contributed by atoms with van der Waals surface area (Å²) in [7, 11) is 3.22. The second-order valence-corrected chi connectivity index (χ2v) is 7.55. The Bertz CT molecular complexity index is 880. The number of hydrogen-bond acceptors (Lipinski definition) is 4. The number of nitrogens with one attached hydrogen (secondary N) is 1. The Morgan fingerprint density at radius 3 is 2.21 bits per heavy atom. The Balaban J connectivity index is 1.77. The molecule has 1 atom stereocenters. The van der Waals surface area contributed by atoms with Gasteiger partial charge >= 0.3 is 0 Å². The fourth-order valence-corrected chi connectivity index (χ4v) is 3.60. The van der Waals surface area contributed by atoms with E-state index in [0.29, 0.717) is 30.2 Å². The molecule has 0 radical (unpaired) electrons. The summed E-state index contributed by atoms with van der Waals surface area (Å²) in [5.74, 6) is 1.02. The molecule has 0 aromatic heterocycles. The summed E-state index contributed by atoms with van der Waals surface area (Å²) >= 11 is 0. The molecule has 154 valence electrons. The molecule has 6 nitrogen and oxygen atoms in total. The first-order chi connectivity index (χ1) is 13.9. The van der Waals surface area contributed by atoms with Crippen LogP contribution in [-0.2, 0) is 17.8 Å². The molecule has 0 saturated heterocycles. The van der Waals surface area contributed by atoms with E-state index in [4.69, 9.17) is 9.47 Å². The molecule has 1 aliphatic rings. The van der Waals surface area contributed by atoms with Gasteiger partial charge in [-0.3, -0.25) is 9.59 Å². The van der Waals surface area contributed by atoms with E-state index in [1.165, 1.54) is 0 Å². The average molecular weight is 396 g/mol. The fraction of sp³-hybridized carbons (Fsp3) is 0.391. The third-order valence-corrected chi connectivity index (χ3v) is 5.29. The molecule has 1 N–H and O–H groups in total. The average Bonchev–Trinajstić information content (AvgIpc) is 2.75. The highest BCUT2D eigenvalue weighted by molar-refractivity contribution is 5.97. The van der Waals surface area contributed by atoms with E-state index < -0.39 is 6.04 Å². The first-order valence-corrected chi connectivity index (χ1v) is 9.83. The summed E-state index contributed by atoms with van der Waals surface area (Å²) in [6, 6.07) is 12.3. The summed E-state index contributed by atoms with van der Waals surface area (Å²) in [6.07, 6.45) is 0.735. The molecule has 2 aromatic rings. The lowest BCUT2D eigenvalue weighted by Gasteiger charge is -2.33. The third-order valence-electron chi connectivity index (χ3n) is 5.29. The topological polar surface area (TPSA) is 67.9 Å². The van der Waals surface area contributed by atoms with Crippen LogP contribution in [0.3, 0.4) is 0 Å². The number of carbonyl (C=O) groups is 2. The van der Waals surface area contributed by atoms with Gasteiger partial charge in [-0.25, -0.2) is 0 Å². The molecule has 1 aliphatic heterocycles. The zero-order valence-electron chi connectivity index (χ0n) is 17.4. The van der Waals surface area contributed by atoms with Crippen molar-refractivity contribution < 1.29 is 19.1 Å². The van der Waals surface area contributed by atoms with Crippen LogP contribution in [0.1, 0.15) is 35.3 Å². The number of hydrogen-bond donors (Lipinski definition) is 1. The SMILES string of the molecule is COc1cc2c(cc1OC)CN(C(=O)[C@@H](NC(=O)c1ccccc1)C(C)C)CC2. The van der Waals surface area contributed by atoms with Gasteiger partial charge in [-0.15, -0.1) is 0 Å². The van der Waals surface area contributed by atoms with Gasteiger partial charge in [0.05, 0.1) is 14.2 Å². The van der Waals surface area contributed by atoms with Crippen molar-refractivity contribution in [3.63, 3.8) is 0 Å². The van der Waals surface area contributed by atoms with Gasteiger partial charge in [-0.05, 0) is 47.7 Å². The van der Waals surface area contributed by atoms with Crippen LogP contribution < -0.4 is 14.8 Å². The molecule has 0 spiro atoms. The lowest BCUT2D eigenvalue weighted by molar-refractivity contribution is -0.135. The molecule has 2 amide bonds. The van der Waals surface area contributed by atoms with Gasteiger partial charge < -0.3 is 19.7 Å². The lowest BCUT2D eigenvalue weighted by atomic mass is 9.96. The minimum atomic E-state index is -0.579. The Kier molecular flexibility index (Phi) is 6.42. The van der Waals surface area contributed by atoms with Crippen LogP contribution in [0.5, 0.6) is 11.5 Å². The van der Waals surface area contributed by atoms with E-state index in [0.717, 1.165) is 17.5 Å². The maximum absolute atomic E-state index is 13.2. The van der Waals surface area contributed by atoms with E-state index in [1.807, 2.05) is 49.1 Å². The lowest BCUT2D eigenvalue weighted by Crippen LogP contribution is -2.52. The number of ether oxygens (including phenoxy) is 2. The van der Waals surface area contributed by atoms with Crippen molar-refractivity contribution >= 4 is 11.8 Å². The van der Waals surface area contributed by atoms with Gasteiger partial charge in [0.1, 0.15) is 6.04 Å². The first-order valence-electron chi connectivity index (χ1n) is 9.83. The van der Waals surface area contributed by atoms with Crippen molar-refractivity contribution in [1.29, 1.82) is 0 Å². The summed E-state index contributed by atoms with van der Waals surface area (Å²) in [4.78, 5) is 27.6. The summed E-state index contributed by atoms with van der Waals surface area (Å²) in [5.41, 5.74) is 2.74. The van der Waals surface area contributed by atoms with Crippen LogP contribution in [0, 0.1) is 5.92 Å². The summed E-state index contributed by atoms with van der Waals surface area (Å²) in [5, 5.41) is 2.92. The van der Waals surface area contributed by atoms with E-state index in [-0.39, 0.29) is 17.7 Å². The number of fused-ring (bicyclic) bond motifs is 1. The van der Waals surface area contributed by atoms with Gasteiger partial charge in [0.25, 0.3) is 5.91 Å². The second-order valence-electron chi connectivity index (χ2n) is 7.55. The molecule has 3 rings (SSSR count). The van der Waals surface area contributed by atoms with Crippen molar-refractivity contribution in [2.45, 2.75) is 32.9 Å². The van der Waals surface area contributed by atoms with E-state index in [2.05, 4.69) is 5.32 Å². The predicted molar refractivity (Wildman–Crippen MR) is 111 cm³/mol. The maximum Gasteiger partial charge on any atom is 0.251 e. The van der Waals surface area contributed by atoms with Gasteiger partial charge in [0.15, 0.2) is 11.5 Å². The smallest absolute Gasteiger partial charge is 0.251 e. The molecule has 1 heterocycles. The van der Waals surface area contributed by atoms with E-state index >= 15 is 0 Å². The summed E-state index contributed by atoms with van der Waals surface area (Å²) in [6.45, 7) is 4.98. The number of methoxy groups -OCH3 is 2. The van der Waals surface area contributed by atoms with Gasteiger partial charge in [-0.1, -0.05) is 32.0 Å². The van der Waals surface area contributed by atoms with Crippen LogP contribution in [0.25, 0.3) is 0 Å². The molecule has 0 bridgehead atoms. The van der Waals surface area contributed by atoms with Gasteiger partial charge in [-0.2, -0.15) is 0 Å². The highest BCUT2D eigenvalue weighted by Crippen LogP contribution is 2.33. The standard InChI is InChI=1S/C23H28N2O4/c1-15(2)21(24-22(26)16-8-6-5-7-9-16)23(27)25-11-10-17-12-19(28-3)20(29-4)13-18(17)14-25/h5-9,12-13,15,21H,10-11,14H2,1-4H3,(H,24,26)/t21-/m0/s1. The molecule has 0 unspecified atom stereocenters. The number of nitrogens with zero attached hydrogens (tertiary/aromatic N) is 1. The van der Waals surface area contributed by atoms with Crippen molar-refractivity contribution in [3.05, 3.63) is 59.2 Å². The van der Waals surface area contributed by atoms with E-state index in [1.54, 1.807) is 26.4 Å². The Hall–Kier alpha value is -3.02. The molecule has 29 heavy (non-hydrogen) atoms. The zero-order valence-corrected chi connectivity index (χ0v) is 17.4.